The van der Waals surface area contributed by atoms with Gasteiger partial charge in [0.05, 0.1) is 13.2 Å². The van der Waals surface area contributed by atoms with Gasteiger partial charge in [-0.25, -0.2) is 4.98 Å². The van der Waals surface area contributed by atoms with E-state index in [-0.39, 0.29) is 18.6 Å². The number of pyridine rings is 1. The molecule has 2 N–H and O–H groups in total. The van der Waals surface area contributed by atoms with E-state index in [1.807, 2.05) is 24.3 Å². The van der Waals surface area contributed by atoms with Gasteiger partial charge in [-0.15, -0.1) is 0 Å². The number of carbonyl (C=O) groups excluding carboxylic acids is 1. The van der Waals surface area contributed by atoms with Crippen molar-refractivity contribution in [2.75, 3.05) is 31.7 Å². The smallest absolute Gasteiger partial charge is 0.258 e. The lowest BCUT2D eigenvalue weighted by Crippen LogP contribution is -2.39. The van der Waals surface area contributed by atoms with Crippen LogP contribution < -0.4 is 19.7 Å². The molecule has 1 unspecified atom stereocenters. The van der Waals surface area contributed by atoms with Crippen molar-refractivity contribution in [1.82, 2.24) is 10.3 Å². The molecule has 144 valence electrons. The molecule has 1 atom stereocenters. The van der Waals surface area contributed by atoms with Crippen molar-refractivity contribution in [2.24, 2.45) is 0 Å². The fraction of sp³-hybridized carbons (Fsp3) is 0.400. The number of hydrogen-bond donors (Lipinski definition) is 2. The first-order valence-electron chi connectivity index (χ1n) is 9.07. The van der Waals surface area contributed by atoms with Crippen LogP contribution in [-0.4, -0.2) is 48.9 Å². The molecule has 1 saturated heterocycles. The summed E-state index contributed by atoms with van der Waals surface area (Å²) in [4.78, 5) is 18.7. The van der Waals surface area contributed by atoms with Gasteiger partial charge in [0.25, 0.3) is 5.91 Å². The maximum absolute atomic E-state index is 12.2. The lowest BCUT2D eigenvalue weighted by molar-refractivity contribution is -0.123. The topological polar surface area (TPSA) is 83.9 Å². The zero-order valence-corrected chi connectivity index (χ0v) is 15.4. The lowest BCUT2D eigenvalue weighted by Gasteiger charge is -2.32. The van der Waals surface area contributed by atoms with Gasteiger partial charge in [0.1, 0.15) is 5.82 Å². The summed E-state index contributed by atoms with van der Waals surface area (Å²) in [7, 11) is 1.56. The van der Waals surface area contributed by atoms with E-state index >= 15 is 0 Å². The first kappa shape index (κ1) is 19.0. The van der Waals surface area contributed by atoms with Crippen molar-refractivity contribution in [3.05, 3.63) is 48.2 Å². The fourth-order valence-corrected chi connectivity index (χ4v) is 3.13. The number of piperidine rings is 1. The summed E-state index contributed by atoms with van der Waals surface area (Å²) in [6.07, 6.45) is 3.13. The molecule has 1 aliphatic heterocycles. The highest BCUT2D eigenvalue weighted by Gasteiger charge is 2.21. The summed E-state index contributed by atoms with van der Waals surface area (Å²) in [5.74, 6) is 1.69. The summed E-state index contributed by atoms with van der Waals surface area (Å²) in [5.41, 5.74) is 0.914. The number of aliphatic hydroxyl groups is 1. The van der Waals surface area contributed by atoms with Crippen LogP contribution in [0.4, 0.5) is 5.82 Å². The van der Waals surface area contributed by atoms with Gasteiger partial charge in [-0.3, -0.25) is 4.79 Å². The summed E-state index contributed by atoms with van der Waals surface area (Å²) >= 11 is 0. The van der Waals surface area contributed by atoms with Crippen molar-refractivity contribution in [2.45, 2.75) is 25.5 Å². The van der Waals surface area contributed by atoms with E-state index in [9.17, 15) is 9.90 Å². The molecule has 0 bridgehead atoms. The van der Waals surface area contributed by atoms with E-state index in [1.54, 1.807) is 25.4 Å². The zero-order valence-electron chi connectivity index (χ0n) is 15.4. The van der Waals surface area contributed by atoms with Crippen molar-refractivity contribution in [3.8, 4) is 11.5 Å². The predicted molar refractivity (Wildman–Crippen MR) is 102 cm³/mol. The number of para-hydroxylation sites is 2. The Balaban J connectivity index is 1.56. The summed E-state index contributed by atoms with van der Waals surface area (Å²) in [5, 5.41) is 12.8. The van der Waals surface area contributed by atoms with Gasteiger partial charge in [-0.1, -0.05) is 18.2 Å². The normalized spacial score (nSPS) is 16.7. The number of nitrogens with one attached hydrogen (secondary N) is 1. The molecule has 0 radical (unpaired) electrons. The van der Waals surface area contributed by atoms with Crippen molar-refractivity contribution >= 4 is 11.7 Å². The van der Waals surface area contributed by atoms with Gasteiger partial charge in [-0.2, -0.15) is 0 Å². The van der Waals surface area contributed by atoms with Crippen LogP contribution in [0.1, 0.15) is 18.4 Å². The molecule has 3 rings (SSSR count). The Bertz CT molecular complexity index is 768. The molecule has 0 spiro atoms. The number of hydrogen-bond acceptors (Lipinski definition) is 6. The minimum Gasteiger partial charge on any atom is -0.493 e. The molecule has 1 aromatic carbocycles. The molecule has 7 nitrogen and oxygen atoms in total. The van der Waals surface area contributed by atoms with Crippen molar-refractivity contribution in [3.63, 3.8) is 0 Å². The van der Waals surface area contributed by atoms with Gasteiger partial charge in [0.15, 0.2) is 18.1 Å². The molecule has 2 heterocycles. The van der Waals surface area contributed by atoms with E-state index in [1.165, 1.54) is 0 Å². The number of methoxy groups -OCH3 is 1. The number of nitrogens with zero attached hydrogens (tertiary/aromatic N) is 2. The lowest BCUT2D eigenvalue weighted by atomic mass is 10.1. The molecule has 27 heavy (non-hydrogen) atoms. The number of ether oxygens (including phenoxy) is 2. The fourth-order valence-electron chi connectivity index (χ4n) is 3.13. The first-order chi connectivity index (χ1) is 13.2. The summed E-state index contributed by atoms with van der Waals surface area (Å²) in [6.45, 7) is 1.67. The molecule has 1 aliphatic rings. The van der Waals surface area contributed by atoms with Crippen LogP contribution in [-0.2, 0) is 11.3 Å². The molecule has 0 saturated carbocycles. The van der Waals surface area contributed by atoms with Crippen molar-refractivity contribution < 1.29 is 19.4 Å². The van der Waals surface area contributed by atoms with Crippen LogP contribution in [0.5, 0.6) is 11.5 Å². The van der Waals surface area contributed by atoms with Crippen LogP contribution in [0.15, 0.2) is 42.6 Å². The molecule has 1 fully saturated rings. The highest BCUT2D eigenvalue weighted by Crippen LogP contribution is 2.25. The maximum Gasteiger partial charge on any atom is 0.258 e. The summed E-state index contributed by atoms with van der Waals surface area (Å²) in [6, 6.07) is 11.0. The third kappa shape index (κ3) is 5.10. The van der Waals surface area contributed by atoms with Crippen LogP contribution in [0.25, 0.3) is 0 Å². The second kappa shape index (κ2) is 9.23. The quantitative estimate of drug-likeness (QED) is 0.771. The van der Waals surface area contributed by atoms with E-state index < -0.39 is 0 Å². The van der Waals surface area contributed by atoms with Gasteiger partial charge in [0.2, 0.25) is 0 Å². The van der Waals surface area contributed by atoms with E-state index in [4.69, 9.17) is 9.47 Å². The highest BCUT2D eigenvalue weighted by molar-refractivity contribution is 5.77. The SMILES string of the molecule is COc1ccccc1OCC(=O)NCc1cccnc1N1CCCC(O)C1. The number of aromatic nitrogens is 1. The van der Waals surface area contributed by atoms with Gasteiger partial charge >= 0.3 is 0 Å². The van der Waals surface area contributed by atoms with Gasteiger partial charge in [-0.05, 0) is 31.0 Å². The number of benzene rings is 1. The Kier molecular flexibility index (Phi) is 6.49. The summed E-state index contributed by atoms with van der Waals surface area (Å²) < 4.78 is 10.8. The van der Waals surface area contributed by atoms with Crippen LogP contribution in [0.2, 0.25) is 0 Å². The first-order valence-corrected chi connectivity index (χ1v) is 9.07. The number of carbonyl (C=O) groups is 1. The second-order valence-electron chi connectivity index (χ2n) is 6.44. The number of rotatable bonds is 7. The molecule has 0 aliphatic carbocycles. The Labute approximate surface area is 158 Å². The minimum absolute atomic E-state index is 0.0988. The monoisotopic (exact) mass is 371 g/mol. The highest BCUT2D eigenvalue weighted by atomic mass is 16.5. The Hall–Kier alpha value is -2.80. The molecule has 1 amide bonds. The molecular formula is C20H25N3O4. The Morgan fingerprint density at radius 3 is 2.89 bits per heavy atom. The standard InChI is InChI=1S/C20H25N3O4/c1-26-17-8-2-3-9-18(17)27-14-19(25)22-12-15-6-4-10-21-20(15)23-11-5-7-16(24)13-23/h2-4,6,8-10,16,24H,5,7,11-14H2,1H3,(H,22,25). The molecule has 2 aromatic rings. The van der Waals surface area contributed by atoms with Gasteiger partial charge < -0.3 is 24.8 Å². The molecule has 1 aromatic heterocycles. The van der Waals surface area contributed by atoms with Crippen LogP contribution in [0.3, 0.4) is 0 Å². The minimum atomic E-state index is -0.336. The Morgan fingerprint density at radius 1 is 1.30 bits per heavy atom. The average molecular weight is 371 g/mol. The van der Waals surface area contributed by atoms with Gasteiger partial charge in [0, 0.05) is 31.4 Å². The van der Waals surface area contributed by atoms with E-state index in [0.717, 1.165) is 30.8 Å². The van der Waals surface area contributed by atoms with Crippen molar-refractivity contribution in [1.29, 1.82) is 0 Å². The average Bonchev–Trinajstić information content (AvgIpc) is 2.71. The predicted octanol–water partition coefficient (Wildman–Crippen LogP) is 1.75. The van der Waals surface area contributed by atoms with Crippen LogP contribution >= 0.6 is 0 Å². The van der Waals surface area contributed by atoms with Crippen LogP contribution in [0, 0.1) is 0 Å². The number of amides is 1. The number of anilines is 1. The zero-order chi connectivity index (χ0) is 19.1. The third-order valence-corrected chi connectivity index (χ3v) is 4.47. The largest absolute Gasteiger partial charge is 0.493 e. The Morgan fingerprint density at radius 2 is 2.11 bits per heavy atom. The number of aliphatic hydroxyl groups excluding tert-OH is 1. The number of β-amino-alcohol motifs (C(OH)–C–C–N with tert-alkyl or cyclic N) is 1. The molecule has 7 heteroatoms. The van der Waals surface area contributed by atoms with E-state index in [2.05, 4.69) is 15.2 Å². The second-order valence-corrected chi connectivity index (χ2v) is 6.44. The molecular weight excluding hydrogens is 346 g/mol. The van der Waals surface area contributed by atoms with E-state index in [0.29, 0.717) is 24.6 Å². The third-order valence-electron chi connectivity index (χ3n) is 4.47. The maximum atomic E-state index is 12.2.